The molecule has 0 aliphatic rings. The SMILES string of the molecule is CCNc1ccccc1C(=O)NC(C)c1ccc(C)s1. The van der Waals surface area contributed by atoms with Gasteiger partial charge in [0.25, 0.3) is 5.91 Å². The van der Waals surface area contributed by atoms with Crippen LogP contribution in [-0.4, -0.2) is 12.5 Å². The van der Waals surface area contributed by atoms with Gasteiger partial charge in [-0.05, 0) is 45.0 Å². The van der Waals surface area contributed by atoms with Gasteiger partial charge in [-0.25, -0.2) is 0 Å². The molecule has 1 heterocycles. The Morgan fingerprint density at radius 1 is 1.25 bits per heavy atom. The van der Waals surface area contributed by atoms with Crippen molar-refractivity contribution in [1.82, 2.24) is 5.32 Å². The summed E-state index contributed by atoms with van der Waals surface area (Å²) in [5.74, 6) is -0.0416. The molecule has 1 unspecified atom stereocenters. The maximum Gasteiger partial charge on any atom is 0.253 e. The lowest BCUT2D eigenvalue weighted by Gasteiger charge is -2.15. The minimum atomic E-state index is -0.0416. The first-order valence-corrected chi connectivity index (χ1v) is 7.63. The van der Waals surface area contributed by atoms with Gasteiger partial charge < -0.3 is 10.6 Å². The molecule has 0 spiro atoms. The molecule has 0 fully saturated rings. The molecule has 1 aromatic heterocycles. The third-order valence-corrected chi connectivity index (χ3v) is 4.26. The molecule has 1 aromatic carbocycles. The maximum absolute atomic E-state index is 12.4. The summed E-state index contributed by atoms with van der Waals surface area (Å²) in [5.41, 5.74) is 1.57. The molecule has 2 N–H and O–H groups in total. The lowest BCUT2D eigenvalue weighted by molar-refractivity contribution is 0.0941. The summed E-state index contributed by atoms with van der Waals surface area (Å²) in [5, 5.41) is 6.27. The Balaban J connectivity index is 2.12. The molecule has 1 amide bonds. The quantitative estimate of drug-likeness (QED) is 0.873. The van der Waals surface area contributed by atoms with Crippen molar-refractivity contribution in [2.45, 2.75) is 26.8 Å². The third kappa shape index (κ3) is 3.39. The van der Waals surface area contributed by atoms with Crippen LogP contribution >= 0.6 is 11.3 Å². The van der Waals surface area contributed by atoms with Gasteiger partial charge >= 0.3 is 0 Å². The molecule has 0 saturated carbocycles. The van der Waals surface area contributed by atoms with Crippen LogP contribution in [0, 0.1) is 6.92 Å². The van der Waals surface area contributed by atoms with Crippen LogP contribution in [0.5, 0.6) is 0 Å². The summed E-state index contributed by atoms with van der Waals surface area (Å²) in [6.45, 7) is 6.90. The van der Waals surface area contributed by atoms with Gasteiger partial charge in [0, 0.05) is 22.0 Å². The first-order valence-electron chi connectivity index (χ1n) is 6.82. The average Bonchev–Trinajstić information content (AvgIpc) is 2.86. The summed E-state index contributed by atoms with van der Waals surface area (Å²) < 4.78 is 0. The molecule has 0 radical (unpaired) electrons. The van der Waals surface area contributed by atoms with E-state index in [4.69, 9.17) is 0 Å². The number of nitrogens with one attached hydrogen (secondary N) is 2. The number of amides is 1. The van der Waals surface area contributed by atoms with Crippen molar-refractivity contribution >= 4 is 22.9 Å². The van der Waals surface area contributed by atoms with Crippen molar-refractivity contribution in [1.29, 1.82) is 0 Å². The zero-order valence-corrected chi connectivity index (χ0v) is 12.9. The van der Waals surface area contributed by atoms with Gasteiger partial charge in [0.05, 0.1) is 11.6 Å². The fourth-order valence-electron chi connectivity index (χ4n) is 2.06. The highest BCUT2D eigenvalue weighted by Gasteiger charge is 2.15. The van der Waals surface area contributed by atoms with Crippen molar-refractivity contribution in [2.24, 2.45) is 0 Å². The Bertz CT molecular complexity index is 592. The van der Waals surface area contributed by atoms with Gasteiger partial charge in [-0.3, -0.25) is 4.79 Å². The van der Waals surface area contributed by atoms with Crippen LogP contribution in [0.15, 0.2) is 36.4 Å². The normalized spacial score (nSPS) is 11.9. The van der Waals surface area contributed by atoms with Gasteiger partial charge in [0.1, 0.15) is 0 Å². The number of carbonyl (C=O) groups is 1. The minimum Gasteiger partial charge on any atom is -0.385 e. The third-order valence-electron chi connectivity index (χ3n) is 3.07. The zero-order chi connectivity index (χ0) is 14.5. The molecule has 4 heteroatoms. The van der Waals surface area contributed by atoms with Crippen molar-refractivity contribution in [3.05, 3.63) is 51.7 Å². The van der Waals surface area contributed by atoms with Crippen LogP contribution in [0.2, 0.25) is 0 Å². The van der Waals surface area contributed by atoms with E-state index in [0.717, 1.165) is 12.2 Å². The van der Waals surface area contributed by atoms with Crippen LogP contribution in [0.25, 0.3) is 0 Å². The molecule has 20 heavy (non-hydrogen) atoms. The van der Waals surface area contributed by atoms with E-state index in [1.807, 2.05) is 38.1 Å². The smallest absolute Gasteiger partial charge is 0.253 e. The van der Waals surface area contributed by atoms with Gasteiger partial charge in [0.15, 0.2) is 0 Å². The molecule has 1 atom stereocenters. The van der Waals surface area contributed by atoms with Crippen molar-refractivity contribution in [3.8, 4) is 0 Å². The zero-order valence-electron chi connectivity index (χ0n) is 12.1. The largest absolute Gasteiger partial charge is 0.385 e. The van der Waals surface area contributed by atoms with E-state index in [2.05, 4.69) is 29.7 Å². The lowest BCUT2D eigenvalue weighted by Crippen LogP contribution is -2.27. The Morgan fingerprint density at radius 3 is 2.65 bits per heavy atom. The second kappa shape index (κ2) is 6.57. The van der Waals surface area contributed by atoms with E-state index in [9.17, 15) is 4.79 Å². The Kier molecular flexibility index (Phi) is 4.79. The number of aryl methyl sites for hydroxylation is 1. The van der Waals surface area contributed by atoms with Crippen molar-refractivity contribution in [2.75, 3.05) is 11.9 Å². The summed E-state index contributed by atoms with van der Waals surface area (Å²) in [7, 11) is 0. The van der Waals surface area contributed by atoms with Crippen LogP contribution in [-0.2, 0) is 0 Å². The summed E-state index contributed by atoms with van der Waals surface area (Å²) in [6, 6.07) is 11.8. The van der Waals surface area contributed by atoms with Gasteiger partial charge in [-0.1, -0.05) is 12.1 Å². The van der Waals surface area contributed by atoms with Crippen LogP contribution in [0.3, 0.4) is 0 Å². The van der Waals surface area contributed by atoms with E-state index in [0.29, 0.717) is 5.56 Å². The number of thiophene rings is 1. The second-order valence-corrected chi connectivity index (χ2v) is 6.04. The first kappa shape index (κ1) is 14.6. The average molecular weight is 288 g/mol. The molecule has 0 aliphatic heterocycles. The standard InChI is InChI=1S/C16H20N2OS/c1-4-17-14-8-6-5-7-13(14)16(19)18-12(3)15-10-9-11(2)20-15/h5-10,12,17H,4H2,1-3H3,(H,18,19). The maximum atomic E-state index is 12.4. The number of hydrogen-bond acceptors (Lipinski definition) is 3. The highest BCUT2D eigenvalue weighted by atomic mass is 32.1. The predicted molar refractivity (Wildman–Crippen MR) is 85.5 cm³/mol. The minimum absolute atomic E-state index is 0.0240. The molecular weight excluding hydrogens is 268 g/mol. The predicted octanol–water partition coefficient (Wildman–Crippen LogP) is 3.98. The highest BCUT2D eigenvalue weighted by Crippen LogP contribution is 2.23. The summed E-state index contributed by atoms with van der Waals surface area (Å²) in [4.78, 5) is 14.8. The lowest BCUT2D eigenvalue weighted by atomic mass is 10.1. The molecule has 0 bridgehead atoms. The van der Waals surface area contributed by atoms with Crippen LogP contribution < -0.4 is 10.6 Å². The van der Waals surface area contributed by atoms with E-state index >= 15 is 0 Å². The van der Waals surface area contributed by atoms with Crippen molar-refractivity contribution in [3.63, 3.8) is 0 Å². The molecule has 0 saturated heterocycles. The summed E-state index contributed by atoms with van der Waals surface area (Å²) in [6.07, 6.45) is 0. The highest BCUT2D eigenvalue weighted by molar-refractivity contribution is 7.12. The monoisotopic (exact) mass is 288 g/mol. The Labute approximate surface area is 124 Å². The van der Waals surface area contributed by atoms with Crippen molar-refractivity contribution < 1.29 is 4.79 Å². The van der Waals surface area contributed by atoms with Gasteiger partial charge in [-0.2, -0.15) is 0 Å². The fourth-order valence-corrected chi connectivity index (χ4v) is 2.94. The first-order chi connectivity index (χ1) is 9.61. The molecule has 3 nitrogen and oxygen atoms in total. The molecule has 106 valence electrons. The molecule has 0 aliphatic carbocycles. The van der Waals surface area contributed by atoms with Crippen LogP contribution in [0.4, 0.5) is 5.69 Å². The Hall–Kier alpha value is -1.81. The number of rotatable bonds is 5. The van der Waals surface area contributed by atoms with Gasteiger partial charge in [0.2, 0.25) is 0 Å². The Morgan fingerprint density at radius 2 is 2.00 bits per heavy atom. The second-order valence-electron chi connectivity index (χ2n) is 4.72. The number of anilines is 1. The molecular formula is C16H20N2OS. The van der Waals surface area contributed by atoms with Crippen LogP contribution in [0.1, 0.15) is 40.0 Å². The fraction of sp³-hybridized carbons (Fsp3) is 0.312. The molecule has 2 aromatic rings. The summed E-state index contributed by atoms with van der Waals surface area (Å²) >= 11 is 1.72. The number of para-hydroxylation sites is 1. The van der Waals surface area contributed by atoms with E-state index in [-0.39, 0.29) is 11.9 Å². The number of benzene rings is 1. The van der Waals surface area contributed by atoms with E-state index < -0.39 is 0 Å². The van der Waals surface area contributed by atoms with E-state index in [1.165, 1.54) is 9.75 Å². The number of carbonyl (C=O) groups excluding carboxylic acids is 1. The van der Waals surface area contributed by atoms with Gasteiger partial charge in [-0.15, -0.1) is 11.3 Å². The molecule has 2 rings (SSSR count). The topological polar surface area (TPSA) is 41.1 Å². The number of hydrogen-bond donors (Lipinski definition) is 2. The van der Waals surface area contributed by atoms with E-state index in [1.54, 1.807) is 11.3 Å².